The van der Waals surface area contributed by atoms with Gasteiger partial charge in [0.25, 0.3) is 0 Å². The van der Waals surface area contributed by atoms with Crippen molar-refractivity contribution in [3.05, 3.63) is 11.7 Å². The Morgan fingerprint density at radius 3 is 2.36 bits per heavy atom. The van der Waals surface area contributed by atoms with Gasteiger partial charge >= 0.3 is 12.1 Å². The van der Waals surface area contributed by atoms with E-state index in [0.29, 0.717) is 6.42 Å². The van der Waals surface area contributed by atoms with Gasteiger partial charge in [0.2, 0.25) is 0 Å². The van der Waals surface area contributed by atoms with E-state index >= 15 is 0 Å². The van der Waals surface area contributed by atoms with Crippen molar-refractivity contribution in [2.45, 2.75) is 32.0 Å². The molecule has 1 heterocycles. The summed E-state index contributed by atoms with van der Waals surface area (Å²) in [5.74, 6) is -1.50. The number of rotatable bonds is 2. The number of hydrogen-bond donors (Lipinski definition) is 1. The third-order valence-corrected chi connectivity index (χ3v) is 1.91. The van der Waals surface area contributed by atoms with Crippen LogP contribution in [-0.4, -0.2) is 10.1 Å². The van der Waals surface area contributed by atoms with E-state index in [9.17, 15) is 13.2 Å². The van der Waals surface area contributed by atoms with E-state index in [2.05, 4.69) is 14.7 Å². The standard InChI is InChI=1S/C7H10F3N3O/c1-3-6(2,11)4-12-5(14-13-4)7(8,9)10/h3,11H2,1-2H3. The lowest BCUT2D eigenvalue weighted by atomic mass is 10.0. The third kappa shape index (κ3) is 2.03. The van der Waals surface area contributed by atoms with Gasteiger partial charge in [0.15, 0.2) is 5.82 Å². The van der Waals surface area contributed by atoms with E-state index in [0.717, 1.165) is 0 Å². The molecule has 1 aromatic heterocycles. The lowest BCUT2D eigenvalue weighted by Crippen LogP contribution is -2.33. The normalized spacial score (nSPS) is 16.7. The van der Waals surface area contributed by atoms with E-state index in [1.165, 1.54) is 6.92 Å². The van der Waals surface area contributed by atoms with Gasteiger partial charge < -0.3 is 10.3 Å². The monoisotopic (exact) mass is 209 g/mol. The Morgan fingerprint density at radius 1 is 1.43 bits per heavy atom. The molecule has 4 nitrogen and oxygen atoms in total. The molecule has 0 amide bonds. The molecular weight excluding hydrogens is 199 g/mol. The first kappa shape index (κ1) is 11.0. The molecule has 2 N–H and O–H groups in total. The minimum absolute atomic E-state index is 0.132. The van der Waals surface area contributed by atoms with E-state index in [1.54, 1.807) is 6.92 Å². The van der Waals surface area contributed by atoms with Gasteiger partial charge in [-0.15, -0.1) is 0 Å². The highest BCUT2D eigenvalue weighted by molar-refractivity contribution is 5.02. The summed E-state index contributed by atoms with van der Waals surface area (Å²) >= 11 is 0. The van der Waals surface area contributed by atoms with E-state index in [-0.39, 0.29) is 5.82 Å². The first-order valence-corrected chi connectivity index (χ1v) is 3.97. The fourth-order valence-corrected chi connectivity index (χ4v) is 0.729. The van der Waals surface area contributed by atoms with E-state index in [1.807, 2.05) is 0 Å². The van der Waals surface area contributed by atoms with Crippen LogP contribution in [0.1, 0.15) is 32.0 Å². The Balaban J connectivity index is 3.00. The molecule has 0 aliphatic heterocycles. The van der Waals surface area contributed by atoms with Crippen LogP contribution >= 0.6 is 0 Å². The smallest absolute Gasteiger partial charge is 0.329 e. The van der Waals surface area contributed by atoms with Crippen molar-refractivity contribution in [2.24, 2.45) is 5.73 Å². The van der Waals surface area contributed by atoms with Gasteiger partial charge in [-0.25, -0.2) is 0 Å². The number of nitrogens with two attached hydrogens (primary N) is 1. The summed E-state index contributed by atoms with van der Waals surface area (Å²) < 4.78 is 40.2. The fourth-order valence-electron chi connectivity index (χ4n) is 0.729. The molecule has 1 aromatic rings. The van der Waals surface area contributed by atoms with Crippen LogP contribution in [0.15, 0.2) is 4.52 Å². The summed E-state index contributed by atoms with van der Waals surface area (Å²) in [6.07, 6.45) is -4.20. The molecule has 0 spiro atoms. The van der Waals surface area contributed by atoms with Crippen molar-refractivity contribution >= 4 is 0 Å². The van der Waals surface area contributed by atoms with Crippen molar-refractivity contribution in [2.75, 3.05) is 0 Å². The van der Waals surface area contributed by atoms with Gasteiger partial charge in [-0.2, -0.15) is 18.2 Å². The van der Waals surface area contributed by atoms with Gasteiger partial charge in [-0.1, -0.05) is 12.1 Å². The van der Waals surface area contributed by atoms with Gasteiger partial charge in [0.05, 0.1) is 5.54 Å². The topological polar surface area (TPSA) is 64.9 Å². The average Bonchev–Trinajstić information content (AvgIpc) is 2.51. The molecule has 7 heteroatoms. The summed E-state index contributed by atoms with van der Waals surface area (Å²) in [4.78, 5) is 3.20. The SMILES string of the molecule is CCC(C)(N)c1noc(C(F)(F)F)n1. The first-order valence-electron chi connectivity index (χ1n) is 3.97. The zero-order valence-corrected chi connectivity index (χ0v) is 7.72. The zero-order valence-electron chi connectivity index (χ0n) is 7.72. The fraction of sp³-hybridized carbons (Fsp3) is 0.714. The Morgan fingerprint density at radius 2 is 2.00 bits per heavy atom. The summed E-state index contributed by atoms with van der Waals surface area (Å²) in [5.41, 5.74) is 4.65. The molecular formula is C7H10F3N3O. The molecule has 0 fully saturated rings. The second-order valence-electron chi connectivity index (χ2n) is 3.19. The molecule has 1 unspecified atom stereocenters. The summed E-state index contributed by atoms with van der Waals surface area (Å²) in [7, 11) is 0. The number of nitrogens with zero attached hydrogens (tertiary/aromatic N) is 2. The second kappa shape index (κ2) is 3.23. The summed E-state index contributed by atoms with van der Waals surface area (Å²) in [5, 5.41) is 3.19. The number of halogens is 3. The lowest BCUT2D eigenvalue weighted by Gasteiger charge is -2.16. The molecule has 0 aliphatic carbocycles. The third-order valence-electron chi connectivity index (χ3n) is 1.91. The van der Waals surface area contributed by atoms with Crippen LogP contribution < -0.4 is 5.73 Å². The highest BCUT2D eigenvalue weighted by atomic mass is 19.4. The summed E-state index contributed by atoms with van der Waals surface area (Å²) in [6.45, 7) is 3.27. The van der Waals surface area contributed by atoms with Crippen LogP contribution in [0.3, 0.4) is 0 Å². The van der Waals surface area contributed by atoms with Gasteiger partial charge in [-0.05, 0) is 13.3 Å². The Labute approximate surface area is 78.3 Å². The second-order valence-corrected chi connectivity index (χ2v) is 3.19. The number of hydrogen-bond acceptors (Lipinski definition) is 4. The van der Waals surface area contributed by atoms with Gasteiger partial charge in [-0.3, -0.25) is 0 Å². The van der Waals surface area contributed by atoms with Gasteiger partial charge in [0, 0.05) is 0 Å². The molecule has 0 aliphatic rings. The highest BCUT2D eigenvalue weighted by Crippen LogP contribution is 2.29. The molecule has 0 aromatic carbocycles. The summed E-state index contributed by atoms with van der Waals surface area (Å²) in [6, 6.07) is 0. The van der Waals surface area contributed by atoms with Crippen molar-refractivity contribution in [3.8, 4) is 0 Å². The number of alkyl halides is 3. The quantitative estimate of drug-likeness (QED) is 0.804. The van der Waals surface area contributed by atoms with Crippen molar-refractivity contribution < 1.29 is 17.7 Å². The Hall–Kier alpha value is -1.11. The van der Waals surface area contributed by atoms with Crippen LogP contribution in [0.25, 0.3) is 0 Å². The molecule has 80 valence electrons. The Kier molecular flexibility index (Phi) is 2.53. The molecule has 1 rings (SSSR count). The highest BCUT2D eigenvalue weighted by Gasteiger charge is 2.40. The maximum Gasteiger partial charge on any atom is 0.471 e. The average molecular weight is 209 g/mol. The first-order chi connectivity index (χ1) is 6.27. The predicted molar refractivity (Wildman–Crippen MR) is 41.1 cm³/mol. The van der Waals surface area contributed by atoms with E-state index < -0.39 is 17.6 Å². The van der Waals surface area contributed by atoms with Crippen molar-refractivity contribution in [1.82, 2.24) is 10.1 Å². The minimum Gasteiger partial charge on any atom is -0.329 e. The predicted octanol–water partition coefficient (Wildman–Crippen LogP) is 1.67. The molecule has 0 saturated heterocycles. The van der Waals surface area contributed by atoms with Crippen LogP contribution in [0.2, 0.25) is 0 Å². The van der Waals surface area contributed by atoms with Crippen molar-refractivity contribution in [1.29, 1.82) is 0 Å². The van der Waals surface area contributed by atoms with Gasteiger partial charge in [0.1, 0.15) is 0 Å². The van der Waals surface area contributed by atoms with Crippen LogP contribution in [-0.2, 0) is 11.7 Å². The van der Waals surface area contributed by atoms with Crippen molar-refractivity contribution in [3.63, 3.8) is 0 Å². The molecule has 0 saturated carbocycles. The molecule has 14 heavy (non-hydrogen) atoms. The maximum atomic E-state index is 12.1. The molecule has 1 atom stereocenters. The van der Waals surface area contributed by atoms with Crippen LogP contribution in [0.5, 0.6) is 0 Å². The van der Waals surface area contributed by atoms with E-state index in [4.69, 9.17) is 5.73 Å². The Bertz CT molecular complexity index is 318. The largest absolute Gasteiger partial charge is 0.471 e. The van der Waals surface area contributed by atoms with Crippen LogP contribution in [0.4, 0.5) is 13.2 Å². The zero-order chi connectivity index (χ0) is 11.0. The maximum absolute atomic E-state index is 12.1. The minimum atomic E-state index is -4.62. The lowest BCUT2D eigenvalue weighted by molar-refractivity contribution is -0.159. The number of aromatic nitrogens is 2. The molecule has 0 radical (unpaired) electrons. The van der Waals surface area contributed by atoms with Crippen LogP contribution in [0, 0.1) is 0 Å². The molecule has 0 bridgehead atoms.